The van der Waals surface area contributed by atoms with Gasteiger partial charge in [0.25, 0.3) is 0 Å². The van der Waals surface area contributed by atoms with Gasteiger partial charge in [-0.15, -0.1) is 0 Å². The molecular formula is C16H14BrClN2O. The maximum Gasteiger partial charge on any atom is 0.243 e. The Balaban J connectivity index is 1.93. The molecule has 3 N–H and O–H groups in total. The number of nitrogens with one attached hydrogen (secondary N) is 1. The van der Waals surface area contributed by atoms with Crippen LogP contribution in [0.25, 0.3) is 0 Å². The number of amides is 1. The highest BCUT2D eigenvalue weighted by Crippen LogP contribution is 2.34. The smallest absolute Gasteiger partial charge is 0.243 e. The van der Waals surface area contributed by atoms with Gasteiger partial charge in [-0.1, -0.05) is 33.6 Å². The standard InChI is InChI=1S/C16H14BrClN2O/c17-12-2-5-14(6-3-12)20-16(15(19)21)8-10-1-4-13(18)7-11(10)9-16/h1-7,20H,8-9H2,(H2,19,21). The SMILES string of the molecule is NC(=O)C1(Nc2ccc(Br)cc2)Cc2ccc(Cl)cc2C1. The summed E-state index contributed by atoms with van der Waals surface area (Å²) in [5.74, 6) is -0.349. The molecule has 0 radical (unpaired) electrons. The van der Waals surface area contributed by atoms with E-state index < -0.39 is 5.54 Å². The Morgan fingerprint density at radius 2 is 1.81 bits per heavy atom. The molecule has 3 rings (SSSR count). The molecule has 3 nitrogen and oxygen atoms in total. The topological polar surface area (TPSA) is 55.1 Å². The molecule has 1 atom stereocenters. The number of halogens is 2. The summed E-state index contributed by atoms with van der Waals surface area (Å²) in [5, 5.41) is 3.99. The summed E-state index contributed by atoms with van der Waals surface area (Å²) >= 11 is 9.43. The van der Waals surface area contributed by atoms with Crippen LogP contribution >= 0.6 is 27.5 Å². The molecule has 0 spiro atoms. The van der Waals surface area contributed by atoms with E-state index in [-0.39, 0.29) is 5.91 Å². The zero-order chi connectivity index (χ0) is 15.0. The Hall–Kier alpha value is -1.52. The summed E-state index contributed by atoms with van der Waals surface area (Å²) in [6, 6.07) is 13.4. The van der Waals surface area contributed by atoms with Gasteiger partial charge in [-0.3, -0.25) is 4.79 Å². The van der Waals surface area contributed by atoms with Crippen molar-refractivity contribution < 1.29 is 4.79 Å². The lowest BCUT2D eigenvalue weighted by molar-refractivity contribution is -0.122. The minimum Gasteiger partial charge on any atom is -0.371 e. The molecule has 108 valence electrons. The maximum atomic E-state index is 12.1. The third-order valence-electron chi connectivity index (χ3n) is 3.85. The van der Waals surface area contributed by atoms with Crippen molar-refractivity contribution in [2.75, 3.05) is 5.32 Å². The Bertz CT molecular complexity index is 702. The minimum absolute atomic E-state index is 0.349. The predicted molar refractivity (Wildman–Crippen MR) is 88.6 cm³/mol. The summed E-state index contributed by atoms with van der Waals surface area (Å²) in [5.41, 5.74) is 7.95. The second-order valence-electron chi connectivity index (χ2n) is 5.34. The van der Waals surface area contributed by atoms with Crippen LogP contribution in [0.15, 0.2) is 46.9 Å². The summed E-state index contributed by atoms with van der Waals surface area (Å²) in [6.45, 7) is 0. The lowest BCUT2D eigenvalue weighted by atomic mass is 9.94. The molecule has 1 aliphatic carbocycles. The molecule has 0 aromatic heterocycles. The zero-order valence-corrected chi connectivity index (χ0v) is 13.5. The number of carbonyl (C=O) groups excluding carboxylic acids is 1. The molecule has 1 unspecified atom stereocenters. The van der Waals surface area contributed by atoms with E-state index in [4.69, 9.17) is 17.3 Å². The first-order chi connectivity index (χ1) is 9.98. The number of rotatable bonds is 3. The van der Waals surface area contributed by atoms with Crippen LogP contribution in [0.2, 0.25) is 5.02 Å². The van der Waals surface area contributed by atoms with Crippen molar-refractivity contribution in [2.24, 2.45) is 5.73 Å². The molecule has 0 saturated carbocycles. The maximum absolute atomic E-state index is 12.1. The molecule has 0 fully saturated rings. The summed E-state index contributed by atoms with van der Waals surface area (Å²) in [4.78, 5) is 12.1. The number of anilines is 1. The van der Waals surface area contributed by atoms with Gasteiger partial charge in [0.15, 0.2) is 0 Å². The van der Waals surface area contributed by atoms with E-state index in [9.17, 15) is 4.79 Å². The fourth-order valence-corrected chi connectivity index (χ4v) is 3.24. The quantitative estimate of drug-likeness (QED) is 0.874. The first-order valence-corrected chi connectivity index (χ1v) is 7.77. The highest BCUT2D eigenvalue weighted by molar-refractivity contribution is 9.10. The number of benzene rings is 2. The number of primary amides is 1. The van der Waals surface area contributed by atoms with Crippen LogP contribution in [0.5, 0.6) is 0 Å². The molecule has 0 bridgehead atoms. The Morgan fingerprint density at radius 3 is 2.48 bits per heavy atom. The molecule has 0 heterocycles. The van der Waals surface area contributed by atoms with Gasteiger partial charge < -0.3 is 11.1 Å². The molecule has 0 aliphatic heterocycles. The first-order valence-electron chi connectivity index (χ1n) is 6.59. The predicted octanol–water partition coefficient (Wildman–Crippen LogP) is 3.54. The van der Waals surface area contributed by atoms with Gasteiger partial charge in [-0.05, 0) is 47.5 Å². The Labute approximate surface area is 136 Å². The normalized spacial score (nSPS) is 20.1. The Kier molecular flexibility index (Phi) is 3.68. The van der Waals surface area contributed by atoms with E-state index >= 15 is 0 Å². The van der Waals surface area contributed by atoms with Crippen molar-refractivity contribution in [3.05, 3.63) is 63.1 Å². The Morgan fingerprint density at radius 1 is 1.14 bits per heavy atom. The monoisotopic (exact) mass is 364 g/mol. The van der Waals surface area contributed by atoms with Gasteiger partial charge in [0, 0.05) is 28.0 Å². The van der Waals surface area contributed by atoms with Crippen LogP contribution < -0.4 is 11.1 Å². The van der Waals surface area contributed by atoms with Crippen LogP contribution in [0, 0.1) is 0 Å². The fourth-order valence-electron chi connectivity index (χ4n) is 2.78. The van der Waals surface area contributed by atoms with Crippen LogP contribution in [0.3, 0.4) is 0 Å². The molecule has 2 aromatic carbocycles. The van der Waals surface area contributed by atoms with E-state index in [2.05, 4.69) is 21.2 Å². The van der Waals surface area contributed by atoms with Gasteiger partial charge in [-0.25, -0.2) is 0 Å². The van der Waals surface area contributed by atoms with Crippen molar-refractivity contribution in [1.29, 1.82) is 0 Å². The van der Waals surface area contributed by atoms with E-state index in [1.807, 2.05) is 42.5 Å². The molecule has 1 amide bonds. The number of hydrogen-bond acceptors (Lipinski definition) is 2. The van der Waals surface area contributed by atoms with Gasteiger partial charge in [-0.2, -0.15) is 0 Å². The molecular weight excluding hydrogens is 352 g/mol. The van der Waals surface area contributed by atoms with E-state index in [0.717, 1.165) is 21.3 Å². The highest BCUT2D eigenvalue weighted by atomic mass is 79.9. The molecule has 0 saturated heterocycles. The van der Waals surface area contributed by atoms with Crippen molar-refractivity contribution in [2.45, 2.75) is 18.4 Å². The fraction of sp³-hybridized carbons (Fsp3) is 0.188. The van der Waals surface area contributed by atoms with Gasteiger partial charge in [0.2, 0.25) is 5.91 Å². The number of carbonyl (C=O) groups is 1. The van der Waals surface area contributed by atoms with Crippen molar-refractivity contribution >= 4 is 39.1 Å². The molecule has 2 aromatic rings. The number of fused-ring (bicyclic) bond motifs is 1. The molecule has 1 aliphatic rings. The van der Waals surface area contributed by atoms with Crippen molar-refractivity contribution in [3.8, 4) is 0 Å². The van der Waals surface area contributed by atoms with E-state index in [1.54, 1.807) is 0 Å². The van der Waals surface area contributed by atoms with Crippen LogP contribution in [-0.4, -0.2) is 11.4 Å². The highest BCUT2D eigenvalue weighted by Gasteiger charge is 2.42. The van der Waals surface area contributed by atoms with Gasteiger partial charge in [0.05, 0.1) is 0 Å². The molecule has 5 heteroatoms. The van der Waals surface area contributed by atoms with Crippen LogP contribution in [-0.2, 0) is 17.6 Å². The van der Waals surface area contributed by atoms with Crippen molar-refractivity contribution in [3.63, 3.8) is 0 Å². The van der Waals surface area contributed by atoms with Gasteiger partial charge in [0.1, 0.15) is 5.54 Å². The van der Waals surface area contributed by atoms with Crippen LogP contribution in [0.1, 0.15) is 11.1 Å². The van der Waals surface area contributed by atoms with E-state index in [0.29, 0.717) is 17.9 Å². The summed E-state index contributed by atoms with van der Waals surface area (Å²) in [7, 11) is 0. The van der Waals surface area contributed by atoms with Crippen molar-refractivity contribution in [1.82, 2.24) is 0 Å². The second-order valence-corrected chi connectivity index (χ2v) is 6.70. The number of nitrogens with two attached hydrogens (primary N) is 1. The summed E-state index contributed by atoms with van der Waals surface area (Å²) < 4.78 is 0.989. The minimum atomic E-state index is -0.791. The zero-order valence-electron chi connectivity index (χ0n) is 11.2. The van der Waals surface area contributed by atoms with Crippen LogP contribution in [0.4, 0.5) is 5.69 Å². The second kappa shape index (κ2) is 5.35. The third-order valence-corrected chi connectivity index (χ3v) is 4.62. The number of hydrogen-bond donors (Lipinski definition) is 2. The summed E-state index contributed by atoms with van der Waals surface area (Å²) in [6.07, 6.45) is 1.12. The van der Waals surface area contributed by atoms with E-state index in [1.165, 1.54) is 0 Å². The third kappa shape index (κ3) is 2.78. The van der Waals surface area contributed by atoms with Gasteiger partial charge >= 0.3 is 0 Å². The molecule has 21 heavy (non-hydrogen) atoms. The largest absolute Gasteiger partial charge is 0.371 e. The first kappa shape index (κ1) is 14.4. The lowest BCUT2D eigenvalue weighted by Gasteiger charge is -2.28. The average molecular weight is 366 g/mol. The average Bonchev–Trinajstić information content (AvgIpc) is 2.80. The lowest BCUT2D eigenvalue weighted by Crippen LogP contribution is -2.51.